The topological polar surface area (TPSA) is 63.3 Å². The summed E-state index contributed by atoms with van der Waals surface area (Å²) in [6, 6.07) is 1.40. The molecule has 0 radical (unpaired) electrons. The van der Waals surface area contributed by atoms with E-state index in [9.17, 15) is 18.0 Å². The molecule has 0 fully saturated rings. The molecule has 0 bridgehead atoms. The maximum Gasteiger partial charge on any atom is 0.435 e. The van der Waals surface area contributed by atoms with Crippen LogP contribution in [0.4, 0.5) is 13.2 Å². The smallest absolute Gasteiger partial charge is 0.435 e. The third-order valence-electron chi connectivity index (χ3n) is 1.95. The van der Waals surface area contributed by atoms with Gasteiger partial charge in [0.25, 0.3) is 0 Å². The van der Waals surface area contributed by atoms with Gasteiger partial charge < -0.3 is 9.52 Å². The van der Waals surface area contributed by atoms with Crippen molar-refractivity contribution in [2.75, 3.05) is 0 Å². The Morgan fingerprint density at radius 3 is 2.42 bits per heavy atom. The number of aromatic nitrogens is 1. The molecule has 0 aromatic carbocycles. The van der Waals surface area contributed by atoms with Crippen LogP contribution in [-0.2, 0) is 6.18 Å². The number of hydrogen-bond acceptors (Lipinski definition) is 4. The van der Waals surface area contributed by atoms with Crippen LogP contribution in [0.25, 0.3) is 10.8 Å². The van der Waals surface area contributed by atoms with Gasteiger partial charge in [0.2, 0.25) is 0 Å². The van der Waals surface area contributed by atoms with Gasteiger partial charge in [-0.1, -0.05) is 0 Å². The highest BCUT2D eigenvalue weighted by molar-refractivity contribution is 9.13. The van der Waals surface area contributed by atoms with Crippen molar-refractivity contribution in [2.24, 2.45) is 0 Å². The standard InChI is InChI=1S/C9H2Br2F3NO3S/c10-2-1-3(18-6(2)11)7-15-5(9(12,13)14)4(19-7)8(16)17/h1H,(H,16,17). The summed E-state index contributed by atoms with van der Waals surface area (Å²) in [5, 5.41) is 8.61. The molecule has 0 saturated carbocycles. The second-order valence-electron chi connectivity index (χ2n) is 3.23. The van der Waals surface area contributed by atoms with Gasteiger partial charge in [0.15, 0.2) is 21.1 Å². The van der Waals surface area contributed by atoms with E-state index >= 15 is 0 Å². The van der Waals surface area contributed by atoms with Crippen LogP contribution < -0.4 is 0 Å². The van der Waals surface area contributed by atoms with Crippen molar-refractivity contribution in [1.29, 1.82) is 0 Å². The van der Waals surface area contributed by atoms with Gasteiger partial charge in [0.05, 0.1) is 4.47 Å². The Labute approximate surface area is 124 Å². The number of nitrogens with zero attached hydrogens (tertiary/aromatic N) is 1. The van der Waals surface area contributed by atoms with E-state index in [0.717, 1.165) is 0 Å². The van der Waals surface area contributed by atoms with Crippen molar-refractivity contribution < 1.29 is 27.5 Å². The van der Waals surface area contributed by atoms with Gasteiger partial charge in [0.1, 0.15) is 4.88 Å². The van der Waals surface area contributed by atoms with Crippen molar-refractivity contribution >= 4 is 49.2 Å². The summed E-state index contributed by atoms with van der Waals surface area (Å²) < 4.78 is 43.9. The monoisotopic (exact) mass is 419 g/mol. The number of halogens is 5. The second-order valence-corrected chi connectivity index (χ2v) is 5.81. The van der Waals surface area contributed by atoms with Gasteiger partial charge in [0, 0.05) is 6.07 Å². The van der Waals surface area contributed by atoms with E-state index in [1.807, 2.05) is 0 Å². The molecular formula is C9H2Br2F3NO3S. The Hall–Kier alpha value is -0.870. The van der Waals surface area contributed by atoms with Gasteiger partial charge in [-0.3, -0.25) is 0 Å². The molecule has 2 aromatic heterocycles. The largest absolute Gasteiger partial charge is 0.477 e. The lowest BCUT2D eigenvalue weighted by atomic mass is 10.3. The molecule has 0 saturated heterocycles. The Kier molecular flexibility index (Phi) is 3.76. The zero-order valence-electron chi connectivity index (χ0n) is 8.59. The molecule has 0 atom stereocenters. The summed E-state index contributed by atoms with van der Waals surface area (Å²) >= 11 is 6.54. The molecule has 0 aliphatic heterocycles. The molecule has 2 aromatic rings. The van der Waals surface area contributed by atoms with E-state index in [-0.39, 0.29) is 15.4 Å². The van der Waals surface area contributed by atoms with Gasteiger partial charge in [-0.2, -0.15) is 13.2 Å². The molecule has 0 unspecified atom stereocenters. The SMILES string of the molecule is O=C(O)c1sc(-c2cc(Br)c(Br)o2)nc1C(F)(F)F. The summed E-state index contributed by atoms with van der Waals surface area (Å²) in [4.78, 5) is 13.2. The molecule has 10 heteroatoms. The number of carbonyl (C=O) groups is 1. The van der Waals surface area contributed by atoms with Crippen molar-refractivity contribution in [2.45, 2.75) is 6.18 Å². The molecule has 0 aliphatic carbocycles. The highest BCUT2D eigenvalue weighted by Gasteiger charge is 2.40. The van der Waals surface area contributed by atoms with E-state index in [0.29, 0.717) is 15.8 Å². The first-order valence-electron chi connectivity index (χ1n) is 4.46. The highest BCUT2D eigenvalue weighted by atomic mass is 79.9. The fraction of sp³-hybridized carbons (Fsp3) is 0.111. The average molecular weight is 421 g/mol. The average Bonchev–Trinajstić information content (AvgIpc) is 2.82. The van der Waals surface area contributed by atoms with E-state index in [4.69, 9.17) is 9.52 Å². The Bertz CT molecular complexity index is 630. The molecule has 2 rings (SSSR count). The Morgan fingerprint density at radius 2 is 2.05 bits per heavy atom. The predicted molar refractivity (Wildman–Crippen MR) is 67.2 cm³/mol. The quantitative estimate of drug-likeness (QED) is 0.768. The maximum atomic E-state index is 12.7. The lowest BCUT2D eigenvalue weighted by Crippen LogP contribution is -2.11. The van der Waals surface area contributed by atoms with Crippen LogP contribution in [-0.4, -0.2) is 16.1 Å². The van der Waals surface area contributed by atoms with E-state index in [2.05, 4.69) is 36.8 Å². The number of rotatable bonds is 2. The highest BCUT2D eigenvalue weighted by Crippen LogP contribution is 2.40. The molecule has 19 heavy (non-hydrogen) atoms. The summed E-state index contributed by atoms with van der Waals surface area (Å²) in [6.07, 6.45) is -4.83. The van der Waals surface area contributed by atoms with Crippen molar-refractivity contribution in [3.63, 3.8) is 0 Å². The van der Waals surface area contributed by atoms with Gasteiger partial charge in [-0.15, -0.1) is 11.3 Å². The summed E-state index contributed by atoms with van der Waals surface area (Å²) in [5.41, 5.74) is -1.43. The fourth-order valence-electron chi connectivity index (χ4n) is 1.21. The van der Waals surface area contributed by atoms with Crippen LogP contribution in [0.15, 0.2) is 19.6 Å². The number of carboxylic acids is 1. The van der Waals surface area contributed by atoms with Gasteiger partial charge >= 0.3 is 12.1 Å². The van der Waals surface area contributed by atoms with Crippen LogP contribution in [0.3, 0.4) is 0 Å². The van der Waals surface area contributed by atoms with Crippen molar-refractivity contribution in [3.8, 4) is 10.8 Å². The van der Waals surface area contributed by atoms with Crippen molar-refractivity contribution in [3.05, 3.63) is 25.8 Å². The number of hydrogen-bond donors (Lipinski definition) is 1. The van der Waals surface area contributed by atoms with Crippen LogP contribution in [0.2, 0.25) is 0 Å². The van der Waals surface area contributed by atoms with Crippen LogP contribution in [0, 0.1) is 0 Å². The first-order valence-corrected chi connectivity index (χ1v) is 6.87. The normalized spacial score (nSPS) is 11.8. The van der Waals surface area contributed by atoms with E-state index < -0.39 is 22.7 Å². The fourth-order valence-corrected chi connectivity index (χ4v) is 2.67. The van der Waals surface area contributed by atoms with E-state index in [1.54, 1.807) is 0 Å². The Morgan fingerprint density at radius 1 is 1.42 bits per heavy atom. The molecule has 0 amide bonds. The summed E-state index contributed by atoms with van der Waals surface area (Å²) in [5.74, 6) is -1.64. The third kappa shape index (κ3) is 2.84. The Balaban J connectivity index is 2.58. The number of thiazole rings is 1. The minimum absolute atomic E-state index is 0.0433. The van der Waals surface area contributed by atoms with Crippen LogP contribution in [0.5, 0.6) is 0 Å². The minimum Gasteiger partial charge on any atom is -0.477 e. The molecule has 0 aliphatic rings. The summed E-state index contributed by atoms with van der Waals surface area (Å²) in [7, 11) is 0. The van der Waals surface area contributed by atoms with Crippen LogP contribution >= 0.6 is 43.2 Å². The van der Waals surface area contributed by atoms with Gasteiger partial charge in [-0.25, -0.2) is 9.78 Å². The second kappa shape index (κ2) is 4.91. The number of carboxylic acid groups (broad SMARTS) is 1. The summed E-state index contributed by atoms with van der Waals surface area (Å²) in [6.45, 7) is 0. The number of furan rings is 1. The molecule has 0 spiro atoms. The molecule has 4 nitrogen and oxygen atoms in total. The molecule has 2 heterocycles. The van der Waals surface area contributed by atoms with Crippen LogP contribution in [0.1, 0.15) is 15.4 Å². The lowest BCUT2D eigenvalue weighted by Gasteiger charge is -2.02. The third-order valence-corrected chi connectivity index (χ3v) is 4.71. The predicted octanol–water partition coefficient (Wildman–Crippen LogP) is 4.65. The minimum atomic E-state index is -4.83. The molecule has 1 N–H and O–H groups in total. The maximum absolute atomic E-state index is 12.7. The van der Waals surface area contributed by atoms with Crippen molar-refractivity contribution in [1.82, 2.24) is 4.98 Å². The molecule has 102 valence electrons. The van der Waals surface area contributed by atoms with E-state index in [1.165, 1.54) is 6.07 Å². The first kappa shape index (κ1) is 14.5. The zero-order chi connectivity index (χ0) is 14.4. The number of aromatic carboxylic acids is 1. The molecular weight excluding hydrogens is 419 g/mol. The van der Waals surface area contributed by atoms with Gasteiger partial charge in [-0.05, 0) is 31.9 Å². The number of alkyl halides is 3. The lowest BCUT2D eigenvalue weighted by molar-refractivity contribution is -0.141. The first-order chi connectivity index (χ1) is 8.70. The zero-order valence-corrected chi connectivity index (χ0v) is 12.6.